The predicted octanol–water partition coefficient (Wildman–Crippen LogP) is 1.28. The molecule has 1 aromatic carbocycles. The van der Waals surface area contributed by atoms with Crippen molar-refractivity contribution >= 4 is 24.0 Å². The third-order valence-electron chi connectivity index (χ3n) is 4.43. The number of benzene rings is 1. The van der Waals surface area contributed by atoms with Gasteiger partial charge < -0.3 is 20.3 Å². The Morgan fingerprint density at radius 1 is 1.41 bits per heavy atom. The first kappa shape index (κ1) is 16.9. The molecule has 22 heavy (non-hydrogen) atoms. The molecule has 1 atom stereocenters. The molecule has 1 amide bonds. The number of para-hydroxylation sites is 2. The molecule has 2 aliphatic rings. The Kier molecular flexibility index (Phi) is 5.91. The van der Waals surface area contributed by atoms with Crippen molar-refractivity contribution in [2.75, 3.05) is 44.7 Å². The molecule has 1 aromatic rings. The Hall–Kier alpha value is -1.46. The fourth-order valence-corrected chi connectivity index (χ4v) is 2.97. The zero-order valence-electron chi connectivity index (χ0n) is 12.9. The lowest BCUT2D eigenvalue weighted by atomic mass is 10.0. The molecule has 0 aromatic heterocycles. The molecule has 2 saturated heterocycles. The molecule has 2 fully saturated rings. The number of hydrogen-bond acceptors (Lipinski definition) is 4. The zero-order valence-corrected chi connectivity index (χ0v) is 13.7. The highest BCUT2D eigenvalue weighted by molar-refractivity contribution is 5.85. The largest absolute Gasteiger partial charge is 0.495 e. The number of nitrogens with one attached hydrogen (secondary N) is 2. The number of carbonyl (C=O) groups excluding carboxylic acids is 1. The summed E-state index contributed by atoms with van der Waals surface area (Å²) in [7, 11) is 1.71. The van der Waals surface area contributed by atoms with Crippen LogP contribution in [0, 0.1) is 11.8 Å². The van der Waals surface area contributed by atoms with Gasteiger partial charge in [0.05, 0.1) is 18.7 Å². The summed E-state index contributed by atoms with van der Waals surface area (Å²) in [5.41, 5.74) is 1.15. The lowest BCUT2D eigenvalue weighted by Crippen LogP contribution is -2.51. The van der Waals surface area contributed by atoms with Crippen molar-refractivity contribution in [1.29, 1.82) is 0 Å². The first-order valence-electron chi connectivity index (χ1n) is 7.64. The fraction of sp³-hybridized carbons (Fsp3) is 0.562. The van der Waals surface area contributed by atoms with Gasteiger partial charge >= 0.3 is 0 Å². The van der Waals surface area contributed by atoms with Crippen molar-refractivity contribution in [3.63, 3.8) is 0 Å². The Bertz CT molecular complexity index is 508. The summed E-state index contributed by atoms with van der Waals surface area (Å²) in [5.74, 6) is 1.82. The molecule has 122 valence electrons. The van der Waals surface area contributed by atoms with Gasteiger partial charge in [0.1, 0.15) is 5.75 Å². The van der Waals surface area contributed by atoms with E-state index >= 15 is 0 Å². The quantitative estimate of drug-likeness (QED) is 0.856. The third-order valence-corrected chi connectivity index (χ3v) is 4.43. The van der Waals surface area contributed by atoms with Gasteiger partial charge in [0.25, 0.3) is 0 Å². The van der Waals surface area contributed by atoms with Crippen LogP contribution in [-0.4, -0.2) is 45.7 Å². The van der Waals surface area contributed by atoms with Crippen LogP contribution in [0.15, 0.2) is 24.3 Å². The van der Waals surface area contributed by atoms with Gasteiger partial charge in [-0.3, -0.25) is 4.79 Å². The van der Waals surface area contributed by atoms with Crippen molar-refractivity contribution in [2.24, 2.45) is 11.8 Å². The van der Waals surface area contributed by atoms with Gasteiger partial charge in [0.15, 0.2) is 0 Å². The molecular weight excluding hydrogens is 302 g/mol. The highest BCUT2D eigenvalue weighted by Gasteiger charge is 2.28. The minimum Gasteiger partial charge on any atom is -0.495 e. The second-order valence-corrected chi connectivity index (χ2v) is 5.87. The van der Waals surface area contributed by atoms with Crippen molar-refractivity contribution < 1.29 is 9.53 Å². The minimum absolute atomic E-state index is 0. The average Bonchev–Trinajstić information content (AvgIpc) is 2.92. The molecule has 0 aliphatic carbocycles. The van der Waals surface area contributed by atoms with Gasteiger partial charge in [-0.05, 0) is 24.5 Å². The summed E-state index contributed by atoms with van der Waals surface area (Å²) in [4.78, 5) is 14.2. The molecule has 2 heterocycles. The van der Waals surface area contributed by atoms with Gasteiger partial charge in [-0.25, -0.2) is 0 Å². The molecule has 0 spiro atoms. The number of methoxy groups -OCH3 is 1. The topological polar surface area (TPSA) is 53.6 Å². The number of amides is 1. The summed E-state index contributed by atoms with van der Waals surface area (Å²) in [6, 6.07) is 8.12. The number of nitrogens with zero attached hydrogens (tertiary/aromatic N) is 1. The minimum atomic E-state index is 0. The number of rotatable bonds is 5. The molecule has 0 radical (unpaired) electrons. The monoisotopic (exact) mass is 325 g/mol. The maximum absolute atomic E-state index is 11.8. The predicted molar refractivity (Wildman–Crippen MR) is 89.9 cm³/mol. The average molecular weight is 326 g/mol. The van der Waals surface area contributed by atoms with Crippen LogP contribution in [0.2, 0.25) is 0 Å². The summed E-state index contributed by atoms with van der Waals surface area (Å²) in [6.45, 7) is 4.42. The normalized spacial score (nSPS) is 21.0. The van der Waals surface area contributed by atoms with Gasteiger partial charge in [-0.1, -0.05) is 12.1 Å². The summed E-state index contributed by atoms with van der Waals surface area (Å²) in [6.07, 6.45) is 1.11. The molecule has 2 aliphatic heterocycles. The SMILES string of the molecule is COc1ccccc1N1CCC(CNC(=O)C2CNC2)C1.Cl. The van der Waals surface area contributed by atoms with Gasteiger partial charge in [-0.2, -0.15) is 0 Å². The highest BCUT2D eigenvalue weighted by atomic mass is 35.5. The molecule has 3 rings (SSSR count). The van der Waals surface area contributed by atoms with Crippen LogP contribution < -0.4 is 20.3 Å². The lowest BCUT2D eigenvalue weighted by Gasteiger charge is -2.26. The van der Waals surface area contributed by atoms with Crippen LogP contribution in [0.5, 0.6) is 5.75 Å². The van der Waals surface area contributed by atoms with E-state index in [1.165, 1.54) is 0 Å². The number of hydrogen-bond donors (Lipinski definition) is 2. The second-order valence-electron chi connectivity index (χ2n) is 5.87. The molecule has 2 N–H and O–H groups in total. The molecule has 5 nitrogen and oxygen atoms in total. The highest BCUT2D eigenvalue weighted by Crippen LogP contribution is 2.31. The number of anilines is 1. The second kappa shape index (κ2) is 7.70. The van der Waals surface area contributed by atoms with Gasteiger partial charge in [0, 0.05) is 32.7 Å². The van der Waals surface area contributed by atoms with Crippen LogP contribution in [0.4, 0.5) is 5.69 Å². The van der Waals surface area contributed by atoms with Crippen molar-refractivity contribution in [3.05, 3.63) is 24.3 Å². The molecule has 6 heteroatoms. The van der Waals surface area contributed by atoms with Crippen LogP contribution >= 0.6 is 12.4 Å². The molecule has 0 bridgehead atoms. The van der Waals surface area contributed by atoms with Gasteiger partial charge in [0.2, 0.25) is 5.91 Å². The Morgan fingerprint density at radius 3 is 2.86 bits per heavy atom. The van der Waals surface area contributed by atoms with E-state index in [1.54, 1.807) is 7.11 Å². The van der Waals surface area contributed by atoms with Crippen molar-refractivity contribution in [2.45, 2.75) is 6.42 Å². The fourth-order valence-electron chi connectivity index (χ4n) is 2.97. The lowest BCUT2D eigenvalue weighted by molar-refractivity contribution is -0.126. The maximum atomic E-state index is 11.8. The Morgan fingerprint density at radius 2 is 2.18 bits per heavy atom. The smallest absolute Gasteiger partial charge is 0.225 e. The number of ether oxygens (including phenoxy) is 1. The van der Waals surface area contributed by atoms with E-state index in [1.807, 2.05) is 18.2 Å². The number of carbonyl (C=O) groups is 1. The van der Waals surface area contributed by atoms with Crippen molar-refractivity contribution in [1.82, 2.24) is 10.6 Å². The van der Waals surface area contributed by atoms with E-state index in [2.05, 4.69) is 21.6 Å². The number of halogens is 1. The van der Waals surface area contributed by atoms with Crippen molar-refractivity contribution in [3.8, 4) is 5.75 Å². The van der Waals surface area contributed by atoms with Gasteiger partial charge in [-0.15, -0.1) is 12.4 Å². The molecule has 1 unspecified atom stereocenters. The maximum Gasteiger partial charge on any atom is 0.225 e. The third kappa shape index (κ3) is 3.65. The zero-order chi connectivity index (χ0) is 14.7. The van der Waals surface area contributed by atoms with Crippen LogP contribution in [0.1, 0.15) is 6.42 Å². The van der Waals surface area contributed by atoms with E-state index in [-0.39, 0.29) is 24.2 Å². The van der Waals surface area contributed by atoms with E-state index in [9.17, 15) is 4.79 Å². The van der Waals surface area contributed by atoms with Crippen LogP contribution in [0.25, 0.3) is 0 Å². The first-order valence-corrected chi connectivity index (χ1v) is 7.64. The van der Waals surface area contributed by atoms with E-state index in [0.29, 0.717) is 5.92 Å². The summed E-state index contributed by atoms with van der Waals surface area (Å²) >= 11 is 0. The van der Waals surface area contributed by atoms with Crippen LogP contribution in [-0.2, 0) is 4.79 Å². The molecular formula is C16H24ClN3O2. The Labute approximate surface area is 137 Å². The van der Waals surface area contributed by atoms with Crippen LogP contribution in [0.3, 0.4) is 0 Å². The first-order chi connectivity index (χ1) is 10.3. The Balaban J connectivity index is 0.00000176. The van der Waals surface area contributed by atoms with E-state index in [0.717, 1.165) is 50.6 Å². The van der Waals surface area contributed by atoms with E-state index in [4.69, 9.17) is 4.74 Å². The van der Waals surface area contributed by atoms with E-state index < -0.39 is 0 Å². The standard InChI is InChI=1S/C16H23N3O2.ClH/c1-21-15-5-3-2-4-14(15)19-7-6-12(11-19)8-18-16(20)13-9-17-10-13;/h2-5,12-13,17H,6-11H2,1H3,(H,18,20);1H. The summed E-state index contributed by atoms with van der Waals surface area (Å²) in [5, 5.41) is 6.22. The molecule has 0 saturated carbocycles. The summed E-state index contributed by atoms with van der Waals surface area (Å²) < 4.78 is 5.43.